The average Bonchev–Trinajstić information content (AvgIpc) is 3.22. The third kappa shape index (κ3) is 3.61. The second-order valence-corrected chi connectivity index (χ2v) is 11.5. The number of primary amides is 1. The van der Waals surface area contributed by atoms with Gasteiger partial charge in [-0.1, -0.05) is 38.0 Å². The van der Waals surface area contributed by atoms with Gasteiger partial charge in [-0.15, -0.1) is 0 Å². The maximum absolute atomic E-state index is 12.6. The molecule has 1 amide bonds. The zero-order valence-corrected chi connectivity index (χ0v) is 20.4. The predicted octanol–water partition coefficient (Wildman–Crippen LogP) is 4.32. The first-order valence-electron chi connectivity index (χ1n) is 13.2. The average molecular weight is 464 g/mol. The van der Waals surface area contributed by atoms with E-state index in [-0.39, 0.29) is 12.1 Å². The van der Waals surface area contributed by atoms with Crippen molar-refractivity contribution in [3.8, 4) is 0 Å². The van der Waals surface area contributed by atoms with E-state index in [1.165, 1.54) is 32.1 Å². The number of aromatic nitrogens is 1. The van der Waals surface area contributed by atoms with Gasteiger partial charge < -0.3 is 15.0 Å². The molecule has 34 heavy (non-hydrogen) atoms. The lowest BCUT2D eigenvalue weighted by Gasteiger charge is -2.57. The Hall–Kier alpha value is -2.18. The number of hydrogen-bond donors (Lipinski definition) is 1. The number of carbonyl (C=O) groups excluding carboxylic acids is 2. The number of ether oxygens (including phenoxy) is 1. The Labute approximate surface area is 201 Å². The van der Waals surface area contributed by atoms with Crippen molar-refractivity contribution < 1.29 is 14.3 Å². The van der Waals surface area contributed by atoms with Gasteiger partial charge in [-0.3, -0.25) is 14.5 Å². The summed E-state index contributed by atoms with van der Waals surface area (Å²) < 4.78 is 8.51. The summed E-state index contributed by atoms with van der Waals surface area (Å²) in [4.78, 5) is 27.1. The summed E-state index contributed by atoms with van der Waals surface area (Å²) in [6, 6.07) is 9.62. The number of piperidine rings is 1. The first-order chi connectivity index (χ1) is 16.4. The number of rotatable bonds is 4. The van der Waals surface area contributed by atoms with Crippen molar-refractivity contribution in [1.82, 2.24) is 9.47 Å². The third-order valence-electron chi connectivity index (χ3n) is 9.63. The highest BCUT2D eigenvalue weighted by Crippen LogP contribution is 2.48. The molecule has 6 rings (SSSR count). The van der Waals surface area contributed by atoms with E-state index in [2.05, 4.69) is 29.4 Å². The zero-order valence-electron chi connectivity index (χ0n) is 20.4. The molecule has 2 N–H and O–H groups in total. The van der Waals surface area contributed by atoms with Crippen LogP contribution in [0.25, 0.3) is 10.9 Å². The Kier molecular flexibility index (Phi) is 5.57. The van der Waals surface area contributed by atoms with E-state index in [1.54, 1.807) is 0 Å². The summed E-state index contributed by atoms with van der Waals surface area (Å²) in [5.41, 5.74) is 6.81. The Morgan fingerprint density at radius 3 is 2.62 bits per heavy atom. The van der Waals surface area contributed by atoms with Gasteiger partial charge in [0.2, 0.25) is 0 Å². The van der Waals surface area contributed by atoms with Crippen LogP contribution in [0.3, 0.4) is 0 Å². The van der Waals surface area contributed by atoms with Crippen LogP contribution >= 0.6 is 0 Å². The monoisotopic (exact) mass is 463 g/mol. The molecule has 1 aromatic heterocycles. The maximum atomic E-state index is 12.6. The number of hydrogen-bond acceptors (Lipinski definition) is 4. The summed E-state index contributed by atoms with van der Waals surface area (Å²) in [5, 5.41) is 0.817. The molecule has 4 bridgehead atoms. The Balaban J connectivity index is 1.31. The molecule has 8 atom stereocenters. The van der Waals surface area contributed by atoms with E-state index in [9.17, 15) is 9.59 Å². The number of benzene rings is 1. The molecule has 0 unspecified atom stereocenters. The van der Waals surface area contributed by atoms with E-state index in [4.69, 9.17) is 10.5 Å². The summed E-state index contributed by atoms with van der Waals surface area (Å²) >= 11 is 0. The minimum absolute atomic E-state index is 0.201. The molecule has 3 heterocycles. The number of morpholine rings is 1. The lowest BCUT2D eigenvalue weighted by molar-refractivity contribution is -0.153. The van der Waals surface area contributed by atoms with E-state index in [0.29, 0.717) is 23.7 Å². The van der Waals surface area contributed by atoms with Crippen LogP contribution in [-0.4, -0.2) is 52.0 Å². The van der Waals surface area contributed by atoms with E-state index < -0.39 is 11.7 Å². The molecule has 2 saturated heterocycles. The van der Waals surface area contributed by atoms with Crippen molar-refractivity contribution in [3.63, 3.8) is 0 Å². The highest BCUT2D eigenvalue weighted by atomic mass is 16.5. The smallest absolute Gasteiger partial charge is 0.289 e. The summed E-state index contributed by atoms with van der Waals surface area (Å²) in [7, 11) is 0. The van der Waals surface area contributed by atoms with Crippen LogP contribution < -0.4 is 5.73 Å². The molecule has 0 radical (unpaired) electrons. The van der Waals surface area contributed by atoms with E-state index >= 15 is 0 Å². The normalized spacial score (nSPS) is 38.1. The van der Waals surface area contributed by atoms with Gasteiger partial charge in [0.1, 0.15) is 0 Å². The van der Waals surface area contributed by atoms with Crippen molar-refractivity contribution in [1.29, 1.82) is 0 Å². The molecule has 0 spiro atoms. The number of amides is 1. The molecule has 2 aliphatic heterocycles. The number of nitrogens with zero attached hydrogens (tertiary/aromatic N) is 2. The minimum atomic E-state index is -0.895. The quantitative estimate of drug-likeness (QED) is 0.541. The zero-order chi connectivity index (χ0) is 23.6. The van der Waals surface area contributed by atoms with Crippen molar-refractivity contribution in [2.75, 3.05) is 6.61 Å². The second kappa shape index (κ2) is 8.49. The molecule has 4 fully saturated rings. The van der Waals surface area contributed by atoms with Crippen LogP contribution in [-0.2, 0) is 9.53 Å². The van der Waals surface area contributed by atoms with Gasteiger partial charge in [0.15, 0.2) is 0 Å². The fourth-order valence-electron chi connectivity index (χ4n) is 7.91. The molecular formula is C28H37N3O3. The second-order valence-electron chi connectivity index (χ2n) is 11.5. The van der Waals surface area contributed by atoms with Crippen LogP contribution in [0.2, 0.25) is 0 Å². The van der Waals surface area contributed by atoms with Gasteiger partial charge in [-0.25, -0.2) is 0 Å². The molecule has 182 valence electrons. The fourth-order valence-corrected chi connectivity index (χ4v) is 7.91. The number of fused-ring (bicyclic) bond motifs is 5. The summed E-state index contributed by atoms with van der Waals surface area (Å²) in [6.45, 7) is 5.48. The van der Waals surface area contributed by atoms with Gasteiger partial charge in [0.05, 0.1) is 18.3 Å². The fraction of sp³-hybridized carbons (Fsp3) is 0.643. The molecule has 2 aliphatic carbocycles. The highest BCUT2D eigenvalue weighted by molar-refractivity contribution is 6.44. The summed E-state index contributed by atoms with van der Waals surface area (Å²) in [6.07, 6.45) is 11.0. The third-order valence-corrected chi connectivity index (χ3v) is 9.63. The highest BCUT2D eigenvalue weighted by Gasteiger charge is 2.48. The van der Waals surface area contributed by atoms with Crippen LogP contribution in [0, 0.1) is 17.8 Å². The lowest BCUT2D eigenvalue weighted by Crippen LogP contribution is -2.64. The number of ketones is 1. The Bertz CT molecular complexity index is 1110. The minimum Gasteiger partial charge on any atom is -0.375 e. The van der Waals surface area contributed by atoms with E-state index in [1.807, 2.05) is 24.4 Å². The Morgan fingerprint density at radius 1 is 0.971 bits per heavy atom. The Morgan fingerprint density at radius 2 is 1.79 bits per heavy atom. The predicted molar refractivity (Wildman–Crippen MR) is 132 cm³/mol. The standard InChI is InChI=1S/C28H37N3O3/c1-16-7-8-18-9-19(16)11-21(10-18)31-22-12-20(13-26(31)17(2)34-15-22)30-14-24(27(32)28(29)33)23-5-3-4-6-25(23)30/h3-6,14,16-22,26H,7-13,15H2,1-2H3,(H2,29,33)/t16-,17+,18-,19+,20-,21+,22-,26+/m0/s1. The first kappa shape index (κ1) is 22.3. The number of Topliss-reactive ketones (excluding diaryl/α,β-unsaturated/α-hetero) is 1. The molecule has 6 nitrogen and oxygen atoms in total. The topological polar surface area (TPSA) is 77.6 Å². The van der Waals surface area contributed by atoms with Crippen molar-refractivity contribution >= 4 is 22.6 Å². The van der Waals surface area contributed by atoms with Gasteiger partial charge in [-0.2, -0.15) is 0 Å². The van der Waals surface area contributed by atoms with Crippen molar-refractivity contribution in [2.24, 2.45) is 23.5 Å². The van der Waals surface area contributed by atoms with Gasteiger partial charge in [0, 0.05) is 41.3 Å². The largest absolute Gasteiger partial charge is 0.375 e. The number of nitrogens with two attached hydrogens (primary N) is 1. The van der Waals surface area contributed by atoms with Crippen LogP contribution in [0.5, 0.6) is 0 Å². The lowest BCUT2D eigenvalue weighted by atomic mass is 9.65. The van der Waals surface area contributed by atoms with Crippen LogP contribution in [0.4, 0.5) is 0 Å². The molecule has 4 aliphatic rings. The van der Waals surface area contributed by atoms with Gasteiger partial charge in [-0.05, 0) is 62.8 Å². The molecule has 2 saturated carbocycles. The molecule has 2 aromatic rings. The van der Waals surface area contributed by atoms with Gasteiger partial charge in [0.25, 0.3) is 11.7 Å². The van der Waals surface area contributed by atoms with Gasteiger partial charge >= 0.3 is 0 Å². The van der Waals surface area contributed by atoms with Crippen LogP contribution in [0.15, 0.2) is 30.5 Å². The van der Waals surface area contributed by atoms with E-state index in [0.717, 1.165) is 48.1 Å². The molecule has 6 heteroatoms. The first-order valence-corrected chi connectivity index (χ1v) is 13.2. The van der Waals surface area contributed by atoms with Crippen LogP contribution in [0.1, 0.15) is 75.2 Å². The van der Waals surface area contributed by atoms with Crippen molar-refractivity contribution in [2.45, 2.75) is 89.1 Å². The maximum Gasteiger partial charge on any atom is 0.289 e. The SMILES string of the molecule is C[C@H]1CC[C@H]2C[C@@H]1C[C@H](N1[C@@H]3CO[C@H](C)[C@H]1C[C@@H](n1cc(C(=O)C(N)=O)c4ccccc41)C3)C2. The molecule has 1 aromatic carbocycles. The van der Waals surface area contributed by atoms with Crippen molar-refractivity contribution in [3.05, 3.63) is 36.0 Å². The number of carbonyl (C=O) groups is 2. The summed E-state index contributed by atoms with van der Waals surface area (Å²) in [5.74, 6) is 1.13. The molecular weight excluding hydrogens is 426 g/mol. The number of para-hydroxylation sites is 1.